The van der Waals surface area contributed by atoms with Gasteiger partial charge in [0.2, 0.25) is 10.3 Å². The zero-order valence-electron chi connectivity index (χ0n) is 12.2. The van der Waals surface area contributed by atoms with Crippen LogP contribution in [0.3, 0.4) is 0 Å². The van der Waals surface area contributed by atoms with Gasteiger partial charge in [0.1, 0.15) is 11.6 Å². The molecule has 0 atom stereocenters. The number of nitriles is 1. The van der Waals surface area contributed by atoms with Crippen LogP contribution in [-0.4, -0.2) is 21.5 Å². The maximum absolute atomic E-state index is 12.1. The number of carbonyl (C=O) groups excluding carboxylic acids is 1. The number of rotatable bonds is 5. The van der Waals surface area contributed by atoms with Gasteiger partial charge in [-0.05, 0) is 29.9 Å². The fourth-order valence-corrected chi connectivity index (χ4v) is 2.79. The SMILES string of the molecule is CCc1ccc(/C=C(/C#N)C(=O)Nc2nc(SC)ns2)cc1. The summed E-state index contributed by atoms with van der Waals surface area (Å²) in [5, 5.41) is 12.7. The molecule has 2 rings (SSSR count). The highest BCUT2D eigenvalue weighted by Gasteiger charge is 2.12. The minimum absolute atomic E-state index is 0.0325. The fourth-order valence-electron chi connectivity index (χ4n) is 1.67. The summed E-state index contributed by atoms with van der Waals surface area (Å²) >= 11 is 2.49. The monoisotopic (exact) mass is 330 g/mol. The maximum atomic E-state index is 12.1. The lowest BCUT2D eigenvalue weighted by atomic mass is 10.1. The van der Waals surface area contributed by atoms with Crippen molar-refractivity contribution in [2.24, 2.45) is 0 Å². The van der Waals surface area contributed by atoms with E-state index in [-0.39, 0.29) is 5.57 Å². The molecule has 0 aliphatic carbocycles. The first-order valence-corrected chi connectivity index (χ1v) is 8.56. The topological polar surface area (TPSA) is 78.7 Å². The Morgan fingerprint density at radius 2 is 2.18 bits per heavy atom. The van der Waals surface area contributed by atoms with Crippen molar-refractivity contribution in [2.75, 3.05) is 11.6 Å². The summed E-state index contributed by atoms with van der Waals surface area (Å²) in [7, 11) is 0. The second kappa shape index (κ2) is 7.73. The summed E-state index contributed by atoms with van der Waals surface area (Å²) in [6.07, 6.45) is 4.37. The predicted octanol–water partition coefficient (Wildman–Crippen LogP) is 3.37. The molecule has 112 valence electrons. The number of thioether (sulfide) groups is 1. The molecule has 0 saturated heterocycles. The molecule has 1 N–H and O–H groups in total. The van der Waals surface area contributed by atoms with E-state index in [1.807, 2.05) is 36.6 Å². The second-order valence-corrected chi connectivity index (χ2v) is 5.83. The van der Waals surface area contributed by atoms with E-state index in [0.29, 0.717) is 10.3 Å². The van der Waals surface area contributed by atoms with E-state index in [1.165, 1.54) is 17.3 Å². The molecule has 1 aromatic heterocycles. The Balaban J connectivity index is 2.13. The van der Waals surface area contributed by atoms with Crippen molar-refractivity contribution in [1.82, 2.24) is 9.36 Å². The van der Waals surface area contributed by atoms with Gasteiger partial charge in [-0.15, -0.1) is 0 Å². The Morgan fingerprint density at radius 1 is 1.45 bits per heavy atom. The minimum Gasteiger partial charge on any atom is -0.296 e. The third-order valence-electron chi connectivity index (χ3n) is 2.87. The van der Waals surface area contributed by atoms with Crippen LogP contribution in [-0.2, 0) is 11.2 Å². The number of nitrogens with one attached hydrogen (secondary N) is 1. The summed E-state index contributed by atoms with van der Waals surface area (Å²) in [5.74, 6) is -0.481. The van der Waals surface area contributed by atoms with Gasteiger partial charge in [0.05, 0.1) is 0 Å². The largest absolute Gasteiger partial charge is 0.296 e. The molecule has 1 heterocycles. The number of aromatic nitrogens is 2. The molecule has 0 unspecified atom stereocenters. The van der Waals surface area contributed by atoms with Gasteiger partial charge in [-0.2, -0.15) is 14.6 Å². The molecule has 2 aromatic rings. The van der Waals surface area contributed by atoms with E-state index in [1.54, 1.807) is 6.08 Å². The zero-order chi connectivity index (χ0) is 15.9. The van der Waals surface area contributed by atoms with Crippen LogP contribution in [0.4, 0.5) is 5.13 Å². The summed E-state index contributed by atoms with van der Waals surface area (Å²) in [4.78, 5) is 16.2. The number of aryl methyl sites for hydroxylation is 1. The predicted molar refractivity (Wildman–Crippen MR) is 89.7 cm³/mol. The van der Waals surface area contributed by atoms with Crippen molar-refractivity contribution in [3.63, 3.8) is 0 Å². The molecule has 0 fully saturated rings. The lowest BCUT2D eigenvalue weighted by molar-refractivity contribution is -0.112. The number of anilines is 1. The van der Waals surface area contributed by atoms with Gasteiger partial charge in [-0.25, -0.2) is 0 Å². The molecule has 7 heteroatoms. The van der Waals surface area contributed by atoms with E-state index < -0.39 is 5.91 Å². The van der Waals surface area contributed by atoms with Crippen LogP contribution in [0.5, 0.6) is 0 Å². The average molecular weight is 330 g/mol. The molecular weight excluding hydrogens is 316 g/mol. The Bertz CT molecular complexity index is 729. The first-order valence-electron chi connectivity index (χ1n) is 6.56. The minimum atomic E-state index is -0.481. The van der Waals surface area contributed by atoms with Crippen molar-refractivity contribution >= 4 is 40.4 Å². The normalized spacial score (nSPS) is 11.0. The van der Waals surface area contributed by atoms with E-state index in [9.17, 15) is 10.1 Å². The second-order valence-electron chi connectivity index (χ2n) is 4.31. The van der Waals surface area contributed by atoms with Crippen LogP contribution in [0.15, 0.2) is 35.0 Å². The third-order valence-corrected chi connectivity index (χ3v) is 4.17. The summed E-state index contributed by atoms with van der Waals surface area (Å²) in [5.41, 5.74) is 2.05. The van der Waals surface area contributed by atoms with E-state index in [0.717, 1.165) is 23.5 Å². The molecule has 1 aromatic carbocycles. The third kappa shape index (κ3) is 4.16. The summed E-state index contributed by atoms with van der Waals surface area (Å²) in [6, 6.07) is 9.66. The van der Waals surface area contributed by atoms with E-state index >= 15 is 0 Å². The lowest BCUT2D eigenvalue weighted by Gasteiger charge is -2.01. The smallest absolute Gasteiger partial charge is 0.268 e. The van der Waals surface area contributed by atoms with Gasteiger partial charge in [0.15, 0.2) is 0 Å². The van der Waals surface area contributed by atoms with Crippen molar-refractivity contribution in [1.29, 1.82) is 5.26 Å². The zero-order valence-corrected chi connectivity index (χ0v) is 13.8. The number of benzene rings is 1. The summed E-state index contributed by atoms with van der Waals surface area (Å²) in [6.45, 7) is 2.07. The highest BCUT2D eigenvalue weighted by atomic mass is 32.2. The quantitative estimate of drug-likeness (QED) is 0.516. The van der Waals surface area contributed by atoms with Crippen molar-refractivity contribution in [3.8, 4) is 6.07 Å². The van der Waals surface area contributed by atoms with Crippen LogP contribution in [0, 0.1) is 11.3 Å². The summed E-state index contributed by atoms with van der Waals surface area (Å²) < 4.78 is 4.05. The maximum Gasteiger partial charge on any atom is 0.268 e. The number of amides is 1. The first-order chi connectivity index (χ1) is 10.7. The number of carbonyl (C=O) groups is 1. The van der Waals surface area contributed by atoms with Crippen LogP contribution >= 0.6 is 23.3 Å². The van der Waals surface area contributed by atoms with Gasteiger partial charge in [0.25, 0.3) is 5.91 Å². The molecule has 0 spiro atoms. The molecule has 1 amide bonds. The Kier molecular flexibility index (Phi) is 5.69. The van der Waals surface area contributed by atoms with Crippen LogP contribution in [0.1, 0.15) is 18.1 Å². The van der Waals surface area contributed by atoms with Crippen LogP contribution < -0.4 is 5.32 Å². The molecule has 0 aliphatic heterocycles. The number of hydrogen-bond acceptors (Lipinski definition) is 6. The van der Waals surface area contributed by atoms with Gasteiger partial charge in [-0.3, -0.25) is 10.1 Å². The van der Waals surface area contributed by atoms with Crippen molar-refractivity contribution in [3.05, 3.63) is 41.0 Å². The molecule has 0 bridgehead atoms. The molecule has 0 aliphatic rings. The molecule has 22 heavy (non-hydrogen) atoms. The van der Waals surface area contributed by atoms with Gasteiger partial charge < -0.3 is 0 Å². The van der Waals surface area contributed by atoms with Gasteiger partial charge in [-0.1, -0.05) is 43.0 Å². The Hall–Kier alpha value is -2.17. The van der Waals surface area contributed by atoms with Crippen molar-refractivity contribution < 1.29 is 4.79 Å². The Labute approximate surface area is 137 Å². The van der Waals surface area contributed by atoms with Crippen LogP contribution in [0.25, 0.3) is 6.08 Å². The molecular formula is C15H14N4OS2. The number of nitrogens with zero attached hydrogens (tertiary/aromatic N) is 3. The Morgan fingerprint density at radius 3 is 2.73 bits per heavy atom. The average Bonchev–Trinajstić information content (AvgIpc) is 3.00. The number of hydrogen-bond donors (Lipinski definition) is 1. The van der Waals surface area contributed by atoms with Gasteiger partial charge in [0, 0.05) is 11.5 Å². The first kappa shape index (κ1) is 16.2. The molecule has 5 nitrogen and oxygen atoms in total. The highest BCUT2D eigenvalue weighted by Crippen LogP contribution is 2.18. The van der Waals surface area contributed by atoms with Crippen LogP contribution in [0.2, 0.25) is 0 Å². The standard InChI is InChI=1S/C15H14N4OS2/c1-3-10-4-6-11(7-5-10)8-12(9-16)13(20)17-14-18-15(21-2)19-22-14/h4-8H,3H2,1-2H3,(H,17,18,19,20)/b12-8-. The van der Waals surface area contributed by atoms with E-state index in [4.69, 9.17) is 0 Å². The molecule has 0 saturated carbocycles. The highest BCUT2D eigenvalue weighted by molar-refractivity contribution is 7.98. The lowest BCUT2D eigenvalue weighted by Crippen LogP contribution is -2.13. The van der Waals surface area contributed by atoms with Crippen molar-refractivity contribution in [2.45, 2.75) is 18.5 Å². The van der Waals surface area contributed by atoms with E-state index in [2.05, 4.69) is 21.6 Å². The molecule has 0 radical (unpaired) electrons. The van der Waals surface area contributed by atoms with Gasteiger partial charge >= 0.3 is 0 Å². The fraction of sp³-hybridized carbons (Fsp3) is 0.200.